The lowest BCUT2D eigenvalue weighted by Crippen LogP contribution is -2.38. The minimum Gasteiger partial charge on any atom is -0.497 e. The molecule has 19 heavy (non-hydrogen) atoms. The molecule has 0 N–H and O–H groups in total. The lowest BCUT2D eigenvalue weighted by atomic mass is 10.1. The molecular formula is C16H23NO2. The number of nitrogens with zero attached hydrogens (tertiary/aromatic N) is 1. The van der Waals surface area contributed by atoms with Gasteiger partial charge in [-0.25, -0.2) is 0 Å². The number of rotatable bonds is 5. The monoisotopic (exact) mass is 261 g/mol. The first kappa shape index (κ1) is 14.1. The minimum atomic E-state index is 0.186. The van der Waals surface area contributed by atoms with Crippen LogP contribution in [-0.2, 0) is 0 Å². The van der Waals surface area contributed by atoms with E-state index in [4.69, 9.17) is 4.74 Å². The topological polar surface area (TPSA) is 29.5 Å². The Kier molecular flexibility index (Phi) is 4.59. The molecule has 0 amide bonds. The molecule has 1 saturated heterocycles. The fraction of sp³-hybridized carbons (Fsp3) is 0.562. The predicted molar refractivity (Wildman–Crippen MR) is 76.8 cm³/mol. The van der Waals surface area contributed by atoms with Crippen LogP contribution >= 0.6 is 0 Å². The van der Waals surface area contributed by atoms with Crippen molar-refractivity contribution in [3.05, 3.63) is 29.8 Å². The first-order valence-corrected chi connectivity index (χ1v) is 7.08. The first-order chi connectivity index (χ1) is 9.15. The van der Waals surface area contributed by atoms with E-state index in [0.717, 1.165) is 17.7 Å². The third-order valence-corrected chi connectivity index (χ3v) is 4.14. The number of ketones is 1. The van der Waals surface area contributed by atoms with E-state index in [-0.39, 0.29) is 5.78 Å². The molecule has 1 aromatic rings. The zero-order valence-electron chi connectivity index (χ0n) is 12.1. The van der Waals surface area contributed by atoms with Crippen LogP contribution in [0.4, 0.5) is 0 Å². The standard InChI is InChI=1S/C16H23NO2/c1-4-14-9-8-12(2)17(14)11-16(18)13-6-5-7-15(10-13)19-3/h5-7,10,12,14H,4,8-9,11H2,1-3H3. The van der Waals surface area contributed by atoms with Crippen molar-refractivity contribution in [3.63, 3.8) is 0 Å². The molecular weight excluding hydrogens is 238 g/mol. The van der Waals surface area contributed by atoms with Crippen LogP contribution in [0.1, 0.15) is 43.5 Å². The molecule has 0 saturated carbocycles. The molecule has 0 bridgehead atoms. The molecule has 1 aliphatic heterocycles. The molecule has 2 atom stereocenters. The van der Waals surface area contributed by atoms with Gasteiger partial charge in [0.15, 0.2) is 5.78 Å². The average molecular weight is 261 g/mol. The van der Waals surface area contributed by atoms with Gasteiger partial charge in [-0.3, -0.25) is 9.69 Å². The summed E-state index contributed by atoms with van der Waals surface area (Å²) in [6.07, 6.45) is 3.53. The molecule has 0 aromatic heterocycles. The van der Waals surface area contributed by atoms with Crippen molar-refractivity contribution in [2.24, 2.45) is 0 Å². The number of Topliss-reactive ketones (excluding diaryl/α,β-unsaturated/α-hetero) is 1. The highest BCUT2D eigenvalue weighted by Crippen LogP contribution is 2.26. The lowest BCUT2D eigenvalue weighted by Gasteiger charge is -2.26. The zero-order chi connectivity index (χ0) is 13.8. The Bertz CT molecular complexity index is 444. The van der Waals surface area contributed by atoms with Crippen molar-refractivity contribution in [1.29, 1.82) is 0 Å². The SMILES string of the molecule is CCC1CCC(C)N1CC(=O)c1cccc(OC)c1. The number of benzene rings is 1. The Morgan fingerprint density at radius 2 is 2.21 bits per heavy atom. The Hall–Kier alpha value is -1.35. The summed E-state index contributed by atoms with van der Waals surface area (Å²) in [6, 6.07) is 8.50. The molecule has 104 valence electrons. The van der Waals surface area contributed by atoms with Crippen LogP contribution < -0.4 is 4.74 Å². The van der Waals surface area contributed by atoms with Crippen LogP contribution in [0.15, 0.2) is 24.3 Å². The Morgan fingerprint density at radius 1 is 1.42 bits per heavy atom. The number of likely N-dealkylation sites (tertiary alicyclic amines) is 1. The van der Waals surface area contributed by atoms with Crippen LogP contribution in [-0.4, -0.2) is 36.4 Å². The first-order valence-electron chi connectivity index (χ1n) is 7.08. The van der Waals surface area contributed by atoms with Gasteiger partial charge in [0.2, 0.25) is 0 Å². The molecule has 1 aromatic carbocycles. The lowest BCUT2D eigenvalue weighted by molar-refractivity contribution is 0.0889. The quantitative estimate of drug-likeness (QED) is 0.763. The number of hydrogen-bond acceptors (Lipinski definition) is 3. The molecule has 2 rings (SSSR count). The number of carbonyl (C=O) groups is 1. The summed E-state index contributed by atoms with van der Waals surface area (Å²) in [6.45, 7) is 4.94. The van der Waals surface area contributed by atoms with Gasteiger partial charge in [0.1, 0.15) is 5.75 Å². The largest absolute Gasteiger partial charge is 0.497 e. The smallest absolute Gasteiger partial charge is 0.176 e. The molecule has 1 aliphatic rings. The van der Waals surface area contributed by atoms with E-state index in [0.29, 0.717) is 18.6 Å². The number of hydrogen-bond donors (Lipinski definition) is 0. The molecule has 2 unspecified atom stereocenters. The van der Waals surface area contributed by atoms with Gasteiger partial charge < -0.3 is 4.74 Å². The summed E-state index contributed by atoms with van der Waals surface area (Å²) in [7, 11) is 1.62. The van der Waals surface area contributed by atoms with Crippen molar-refractivity contribution in [1.82, 2.24) is 4.90 Å². The molecule has 1 fully saturated rings. The second-order valence-electron chi connectivity index (χ2n) is 5.32. The second-order valence-corrected chi connectivity index (χ2v) is 5.32. The van der Waals surface area contributed by atoms with E-state index in [1.807, 2.05) is 24.3 Å². The molecule has 0 radical (unpaired) electrons. The van der Waals surface area contributed by atoms with Gasteiger partial charge in [0.05, 0.1) is 13.7 Å². The van der Waals surface area contributed by atoms with Crippen molar-refractivity contribution < 1.29 is 9.53 Å². The molecule has 1 heterocycles. The van der Waals surface area contributed by atoms with E-state index < -0.39 is 0 Å². The van der Waals surface area contributed by atoms with Crippen LogP contribution in [0, 0.1) is 0 Å². The van der Waals surface area contributed by atoms with Crippen molar-refractivity contribution in [2.75, 3.05) is 13.7 Å². The number of carbonyl (C=O) groups excluding carboxylic acids is 1. The van der Waals surface area contributed by atoms with Gasteiger partial charge in [0, 0.05) is 17.6 Å². The van der Waals surface area contributed by atoms with Gasteiger partial charge in [-0.2, -0.15) is 0 Å². The fourth-order valence-corrected chi connectivity index (χ4v) is 2.90. The number of ether oxygens (including phenoxy) is 1. The summed E-state index contributed by atoms with van der Waals surface area (Å²) >= 11 is 0. The molecule has 0 spiro atoms. The predicted octanol–water partition coefficient (Wildman–Crippen LogP) is 3.14. The fourth-order valence-electron chi connectivity index (χ4n) is 2.90. The van der Waals surface area contributed by atoms with Crippen LogP contribution in [0.25, 0.3) is 0 Å². The molecule has 0 aliphatic carbocycles. The highest BCUT2D eigenvalue weighted by atomic mass is 16.5. The maximum Gasteiger partial charge on any atom is 0.176 e. The van der Waals surface area contributed by atoms with E-state index >= 15 is 0 Å². The molecule has 3 nitrogen and oxygen atoms in total. The highest BCUT2D eigenvalue weighted by Gasteiger charge is 2.30. The van der Waals surface area contributed by atoms with E-state index in [9.17, 15) is 4.79 Å². The van der Waals surface area contributed by atoms with Gasteiger partial charge >= 0.3 is 0 Å². The average Bonchev–Trinajstić information content (AvgIpc) is 2.79. The second kappa shape index (κ2) is 6.20. The van der Waals surface area contributed by atoms with Crippen LogP contribution in [0.5, 0.6) is 5.75 Å². The van der Waals surface area contributed by atoms with Gasteiger partial charge in [0.25, 0.3) is 0 Å². The summed E-state index contributed by atoms with van der Waals surface area (Å²) in [5.74, 6) is 0.929. The Labute approximate surface area is 115 Å². The van der Waals surface area contributed by atoms with Crippen LogP contribution in [0.2, 0.25) is 0 Å². The van der Waals surface area contributed by atoms with Gasteiger partial charge in [-0.1, -0.05) is 19.1 Å². The minimum absolute atomic E-state index is 0.186. The highest BCUT2D eigenvalue weighted by molar-refractivity contribution is 5.98. The summed E-state index contributed by atoms with van der Waals surface area (Å²) in [5.41, 5.74) is 0.744. The van der Waals surface area contributed by atoms with Crippen molar-refractivity contribution >= 4 is 5.78 Å². The van der Waals surface area contributed by atoms with Crippen LogP contribution in [0.3, 0.4) is 0 Å². The summed E-state index contributed by atoms with van der Waals surface area (Å²) in [5, 5.41) is 0. The van der Waals surface area contributed by atoms with Gasteiger partial charge in [-0.05, 0) is 38.3 Å². The maximum absolute atomic E-state index is 12.4. The van der Waals surface area contributed by atoms with Gasteiger partial charge in [-0.15, -0.1) is 0 Å². The van der Waals surface area contributed by atoms with E-state index in [1.54, 1.807) is 7.11 Å². The normalized spacial score (nSPS) is 23.5. The Morgan fingerprint density at radius 3 is 2.89 bits per heavy atom. The summed E-state index contributed by atoms with van der Waals surface area (Å²) < 4.78 is 5.17. The number of methoxy groups -OCH3 is 1. The summed E-state index contributed by atoms with van der Waals surface area (Å²) in [4.78, 5) is 14.7. The maximum atomic E-state index is 12.4. The van der Waals surface area contributed by atoms with Crippen molar-refractivity contribution in [3.8, 4) is 5.75 Å². The molecule has 3 heteroatoms. The van der Waals surface area contributed by atoms with E-state index in [2.05, 4.69) is 18.7 Å². The van der Waals surface area contributed by atoms with E-state index in [1.165, 1.54) is 12.8 Å². The Balaban J connectivity index is 2.07. The van der Waals surface area contributed by atoms with Crippen molar-refractivity contribution in [2.45, 2.75) is 45.2 Å². The third kappa shape index (κ3) is 3.16. The zero-order valence-corrected chi connectivity index (χ0v) is 12.1. The third-order valence-electron chi connectivity index (χ3n) is 4.14.